The van der Waals surface area contributed by atoms with E-state index in [0.717, 1.165) is 69.4 Å². The molecular formula is C39H38N2O2. The lowest BCUT2D eigenvalue weighted by Gasteiger charge is -2.57. The zero-order chi connectivity index (χ0) is 29.4. The molecule has 1 aromatic heterocycles. The van der Waals surface area contributed by atoms with Crippen molar-refractivity contribution < 1.29 is 14.3 Å². The minimum absolute atomic E-state index is 0.0444. The number of methoxy groups -OCH3 is 1. The van der Waals surface area contributed by atoms with Gasteiger partial charge in [-0.1, -0.05) is 78.9 Å². The third kappa shape index (κ3) is 5.10. The summed E-state index contributed by atoms with van der Waals surface area (Å²) in [5, 5.41) is 13.3. The summed E-state index contributed by atoms with van der Waals surface area (Å²) in [6, 6.07) is 33.7. The number of quaternary nitrogens is 1. The number of hydrogen-bond acceptors (Lipinski definition) is 3. The number of fused-ring (bicyclic) bond motifs is 4. The van der Waals surface area contributed by atoms with E-state index in [1.54, 1.807) is 19.2 Å². The molecule has 0 spiro atoms. The molecule has 4 nitrogen and oxygen atoms in total. The van der Waals surface area contributed by atoms with Crippen molar-refractivity contribution in [3.05, 3.63) is 127 Å². The lowest BCUT2D eigenvalue weighted by molar-refractivity contribution is -0.981. The van der Waals surface area contributed by atoms with Gasteiger partial charge in [0.15, 0.2) is 0 Å². The summed E-state index contributed by atoms with van der Waals surface area (Å²) in [4.78, 5) is 4.56. The predicted octanol–water partition coefficient (Wildman–Crippen LogP) is 7.80. The van der Waals surface area contributed by atoms with Gasteiger partial charge in [0.05, 0.1) is 31.8 Å². The molecule has 5 aromatic rings. The second-order valence-corrected chi connectivity index (χ2v) is 12.4. The van der Waals surface area contributed by atoms with Gasteiger partial charge in [0.25, 0.3) is 0 Å². The van der Waals surface area contributed by atoms with Crippen LogP contribution in [-0.4, -0.2) is 35.7 Å². The first kappa shape index (κ1) is 27.4. The standard InChI is InChI=1S/C39H38N2O2/c1-3-28-26-41(19-17-31(28)22-33(41)23-32-16-18-40-38-15-14-34(42)24-35(32)38)25-27-20-36(29-10-6-4-7-11-29)39(43-2)37(21-27)30-12-8-5-9-13-30/h3-16,18,20-21,24,28,31,33H,1,17,19,22-23,25-26H2,2H3. The molecule has 3 aliphatic heterocycles. The van der Waals surface area contributed by atoms with E-state index in [1.165, 1.54) is 24.0 Å². The monoisotopic (exact) mass is 566 g/mol. The van der Waals surface area contributed by atoms with E-state index in [2.05, 4.69) is 96.5 Å². The molecule has 2 bridgehead atoms. The van der Waals surface area contributed by atoms with Gasteiger partial charge in [-0.3, -0.25) is 4.98 Å². The van der Waals surface area contributed by atoms with Crippen LogP contribution in [0.4, 0.5) is 0 Å². The van der Waals surface area contributed by atoms with Crippen LogP contribution >= 0.6 is 0 Å². The van der Waals surface area contributed by atoms with E-state index >= 15 is 0 Å². The molecule has 216 valence electrons. The number of pyridine rings is 1. The van der Waals surface area contributed by atoms with Crippen LogP contribution in [0.3, 0.4) is 0 Å². The Labute approximate surface area is 254 Å². The Morgan fingerprint density at radius 3 is 2.28 bits per heavy atom. The summed E-state index contributed by atoms with van der Waals surface area (Å²) < 4.78 is 7.16. The number of hydrogen-bond donors (Lipinski definition) is 0. The number of aromatic nitrogens is 1. The number of nitrogens with zero attached hydrogens (tertiary/aromatic N) is 2. The lowest BCUT2D eigenvalue weighted by atomic mass is 9.71. The fourth-order valence-corrected chi connectivity index (χ4v) is 7.95. The maximum Gasteiger partial charge on any atom is 0.134 e. The van der Waals surface area contributed by atoms with Crippen molar-refractivity contribution in [3.63, 3.8) is 0 Å². The zero-order valence-electron chi connectivity index (χ0n) is 24.8. The number of ether oxygens (including phenoxy) is 1. The number of piperidine rings is 3. The third-order valence-corrected chi connectivity index (χ3v) is 10.1. The van der Waals surface area contributed by atoms with Crippen LogP contribution in [0.25, 0.3) is 33.2 Å². The molecule has 4 heterocycles. The lowest BCUT2D eigenvalue weighted by Crippen LogP contribution is -2.66. The first-order valence-electron chi connectivity index (χ1n) is 15.4. The molecule has 0 amide bonds. The SMILES string of the molecule is C=CC1C[N+]2(Cc3cc(-c4ccccc4)c(OC)c(-c4ccccc4)c3)CCC1CC2Cc1ccnc2ccc([O-])cc12. The smallest absolute Gasteiger partial charge is 0.134 e. The maximum absolute atomic E-state index is 12.3. The molecule has 43 heavy (non-hydrogen) atoms. The van der Waals surface area contributed by atoms with Gasteiger partial charge in [0.1, 0.15) is 12.3 Å². The Hall–Kier alpha value is -4.41. The van der Waals surface area contributed by atoms with E-state index in [9.17, 15) is 5.11 Å². The minimum atomic E-state index is 0.0444. The molecule has 3 fully saturated rings. The molecule has 8 rings (SSSR count). The summed E-state index contributed by atoms with van der Waals surface area (Å²) in [5.74, 6) is 2.15. The van der Waals surface area contributed by atoms with Crippen LogP contribution in [0.15, 0.2) is 116 Å². The highest BCUT2D eigenvalue weighted by atomic mass is 16.5. The van der Waals surface area contributed by atoms with Crippen LogP contribution in [0, 0.1) is 11.8 Å². The van der Waals surface area contributed by atoms with E-state index in [1.807, 2.05) is 12.3 Å². The second kappa shape index (κ2) is 11.3. The van der Waals surface area contributed by atoms with Gasteiger partial charge in [-0.15, -0.1) is 12.3 Å². The highest BCUT2D eigenvalue weighted by molar-refractivity contribution is 5.84. The van der Waals surface area contributed by atoms with Crippen molar-refractivity contribution in [1.29, 1.82) is 0 Å². The van der Waals surface area contributed by atoms with Crippen molar-refractivity contribution in [1.82, 2.24) is 4.98 Å². The fourth-order valence-electron chi connectivity index (χ4n) is 7.95. The average Bonchev–Trinajstić information content (AvgIpc) is 3.06. The van der Waals surface area contributed by atoms with E-state index in [4.69, 9.17) is 4.74 Å². The Morgan fingerprint density at radius 2 is 1.63 bits per heavy atom. The van der Waals surface area contributed by atoms with Crippen molar-refractivity contribution in [3.8, 4) is 33.8 Å². The molecule has 4 unspecified atom stereocenters. The number of rotatable bonds is 8. The molecule has 3 saturated heterocycles. The van der Waals surface area contributed by atoms with Gasteiger partial charge in [0.2, 0.25) is 0 Å². The Morgan fingerprint density at radius 1 is 0.930 bits per heavy atom. The van der Waals surface area contributed by atoms with Crippen LogP contribution in [0.1, 0.15) is 24.0 Å². The van der Waals surface area contributed by atoms with Crippen molar-refractivity contribution in [2.24, 2.45) is 11.8 Å². The van der Waals surface area contributed by atoms with E-state index < -0.39 is 0 Å². The van der Waals surface area contributed by atoms with Crippen molar-refractivity contribution in [2.45, 2.75) is 31.8 Å². The topological polar surface area (TPSA) is 45.2 Å². The van der Waals surface area contributed by atoms with Crippen LogP contribution in [0.2, 0.25) is 0 Å². The molecule has 0 saturated carbocycles. The Kier molecular flexibility index (Phi) is 7.24. The molecule has 4 atom stereocenters. The van der Waals surface area contributed by atoms with Crippen molar-refractivity contribution in [2.75, 3.05) is 20.2 Å². The Balaban J connectivity index is 1.33. The molecule has 0 N–H and O–H groups in total. The summed E-state index contributed by atoms with van der Waals surface area (Å²) in [5.41, 5.74) is 8.04. The average molecular weight is 567 g/mol. The molecule has 0 radical (unpaired) electrons. The predicted molar refractivity (Wildman–Crippen MR) is 173 cm³/mol. The summed E-state index contributed by atoms with van der Waals surface area (Å²) in [6.45, 7) is 7.46. The highest BCUT2D eigenvalue weighted by Gasteiger charge is 2.51. The minimum Gasteiger partial charge on any atom is -0.872 e. The zero-order valence-corrected chi connectivity index (χ0v) is 24.8. The van der Waals surface area contributed by atoms with Gasteiger partial charge < -0.3 is 14.3 Å². The molecule has 4 heteroatoms. The maximum atomic E-state index is 12.3. The molecule has 3 aliphatic rings. The van der Waals surface area contributed by atoms with Gasteiger partial charge in [-0.05, 0) is 46.9 Å². The molecule has 4 aromatic carbocycles. The second-order valence-electron chi connectivity index (χ2n) is 12.4. The van der Waals surface area contributed by atoms with E-state index in [-0.39, 0.29) is 5.75 Å². The quantitative estimate of drug-likeness (QED) is 0.142. The number of benzene rings is 4. The fraction of sp³-hybridized carbons (Fsp3) is 0.256. The summed E-state index contributed by atoms with van der Waals surface area (Å²) in [7, 11) is 1.78. The largest absolute Gasteiger partial charge is 0.872 e. The summed E-state index contributed by atoms with van der Waals surface area (Å²) in [6.07, 6.45) is 7.44. The third-order valence-electron chi connectivity index (χ3n) is 10.1. The first-order chi connectivity index (χ1) is 21.1. The van der Waals surface area contributed by atoms with Crippen LogP contribution in [-0.2, 0) is 13.0 Å². The van der Waals surface area contributed by atoms with Crippen LogP contribution in [0.5, 0.6) is 11.5 Å². The van der Waals surface area contributed by atoms with Gasteiger partial charge >= 0.3 is 0 Å². The van der Waals surface area contributed by atoms with E-state index in [0.29, 0.717) is 17.9 Å². The van der Waals surface area contributed by atoms with Gasteiger partial charge in [-0.2, -0.15) is 0 Å². The van der Waals surface area contributed by atoms with Gasteiger partial charge in [0, 0.05) is 53.5 Å². The van der Waals surface area contributed by atoms with Crippen LogP contribution < -0.4 is 9.84 Å². The normalized spacial score (nSPS) is 22.9. The highest BCUT2D eigenvalue weighted by Crippen LogP contribution is 2.47. The van der Waals surface area contributed by atoms with Gasteiger partial charge in [-0.25, -0.2) is 0 Å². The Bertz CT molecular complexity index is 1710. The molecule has 0 aliphatic carbocycles. The summed E-state index contributed by atoms with van der Waals surface area (Å²) >= 11 is 0. The van der Waals surface area contributed by atoms with Crippen molar-refractivity contribution >= 4 is 10.9 Å². The first-order valence-corrected chi connectivity index (χ1v) is 15.4. The molecular weight excluding hydrogens is 528 g/mol.